The predicted molar refractivity (Wildman–Crippen MR) is 84.4 cm³/mol. The smallest absolute Gasteiger partial charge is 0.301 e. The Hall–Kier alpha value is -2.55. The van der Waals surface area contributed by atoms with Crippen LogP contribution < -0.4 is 5.43 Å². The minimum absolute atomic E-state index is 0.112. The van der Waals surface area contributed by atoms with Crippen LogP contribution in [-0.2, 0) is 0 Å². The molecule has 0 bridgehead atoms. The molecule has 9 nitrogen and oxygen atoms in total. The summed E-state index contributed by atoms with van der Waals surface area (Å²) in [4.78, 5) is 20.3. The number of aliphatic hydroxyl groups is 1. The van der Waals surface area contributed by atoms with Gasteiger partial charge in [0.25, 0.3) is 5.69 Å². The summed E-state index contributed by atoms with van der Waals surface area (Å²) in [7, 11) is 0. The van der Waals surface area contributed by atoms with Crippen LogP contribution in [-0.4, -0.2) is 27.8 Å². The second kappa shape index (κ2) is 7.63. The number of rotatable bonds is 6. The number of hydrogen-bond acceptors (Lipinski definition) is 7. The van der Waals surface area contributed by atoms with Crippen molar-refractivity contribution in [3.63, 3.8) is 0 Å². The van der Waals surface area contributed by atoms with Gasteiger partial charge in [-0.1, -0.05) is 0 Å². The maximum absolute atomic E-state index is 11.0. The van der Waals surface area contributed by atoms with Crippen LogP contribution in [0.1, 0.15) is 25.7 Å². The van der Waals surface area contributed by atoms with Crippen LogP contribution in [0.25, 0.3) is 0 Å². The Labute approximate surface area is 132 Å². The van der Waals surface area contributed by atoms with Crippen molar-refractivity contribution >= 4 is 23.3 Å². The maximum atomic E-state index is 11.0. The van der Waals surface area contributed by atoms with E-state index in [-0.39, 0.29) is 29.6 Å². The van der Waals surface area contributed by atoms with E-state index in [1.807, 2.05) is 0 Å². The first-order chi connectivity index (χ1) is 11.0. The zero-order valence-corrected chi connectivity index (χ0v) is 12.4. The van der Waals surface area contributed by atoms with E-state index < -0.39 is 9.85 Å². The van der Waals surface area contributed by atoms with Gasteiger partial charge in [0, 0.05) is 18.9 Å². The fraction of sp³-hybridized carbons (Fsp3) is 0.500. The maximum Gasteiger partial charge on any atom is 0.301 e. The van der Waals surface area contributed by atoms with Gasteiger partial charge >= 0.3 is 5.69 Å². The van der Waals surface area contributed by atoms with E-state index in [2.05, 4.69) is 10.5 Å². The molecule has 2 N–H and O–H groups in total. The van der Waals surface area contributed by atoms with Crippen LogP contribution in [0.2, 0.25) is 0 Å². The van der Waals surface area contributed by atoms with Crippen molar-refractivity contribution < 1.29 is 15.0 Å². The van der Waals surface area contributed by atoms with E-state index in [4.69, 9.17) is 5.11 Å². The average Bonchev–Trinajstić information content (AvgIpc) is 2.55. The molecule has 0 aliphatic heterocycles. The molecule has 23 heavy (non-hydrogen) atoms. The largest absolute Gasteiger partial charge is 0.396 e. The molecule has 124 valence electrons. The number of non-ortho nitro benzene ring substituents is 1. The quantitative estimate of drug-likeness (QED) is 0.470. The molecule has 1 aliphatic rings. The molecular formula is C14H18N4O5. The molecule has 0 unspecified atom stereocenters. The van der Waals surface area contributed by atoms with Crippen molar-refractivity contribution in [1.29, 1.82) is 0 Å². The standard InChI is InChI=1S/C14H18N4O5/c19-9-11-3-1-10(2-4-11)8-15-16-13-6-5-12(17(20)21)7-14(13)18(22)23/h5-8,10-11,16,19H,1-4,9H2/b15-8+. The highest BCUT2D eigenvalue weighted by atomic mass is 16.6. The monoisotopic (exact) mass is 322 g/mol. The van der Waals surface area contributed by atoms with E-state index in [0.29, 0.717) is 5.92 Å². The molecule has 1 aromatic rings. The second-order valence-corrected chi connectivity index (χ2v) is 5.57. The third-order valence-corrected chi connectivity index (χ3v) is 4.01. The lowest BCUT2D eigenvalue weighted by Crippen LogP contribution is -2.18. The summed E-state index contributed by atoms with van der Waals surface area (Å²) < 4.78 is 0. The molecule has 0 radical (unpaired) electrons. The highest BCUT2D eigenvalue weighted by Crippen LogP contribution is 2.30. The van der Waals surface area contributed by atoms with Crippen LogP contribution in [0.5, 0.6) is 0 Å². The van der Waals surface area contributed by atoms with Gasteiger partial charge in [-0.05, 0) is 43.6 Å². The Morgan fingerprint density at radius 1 is 1.22 bits per heavy atom. The van der Waals surface area contributed by atoms with Crippen molar-refractivity contribution in [3.05, 3.63) is 38.4 Å². The average molecular weight is 322 g/mol. The highest BCUT2D eigenvalue weighted by molar-refractivity contribution is 5.68. The first-order valence-corrected chi connectivity index (χ1v) is 7.34. The fourth-order valence-corrected chi connectivity index (χ4v) is 2.61. The van der Waals surface area contributed by atoms with E-state index in [1.165, 1.54) is 12.1 Å². The summed E-state index contributed by atoms with van der Waals surface area (Å²) >= 11 is 0. The van der Waals surface area contributed by atoms with Gasteiger partial charge in [0.2, 0.25) is 0 Å². The van der Waals surface area contributed by atoms with Crippen molar-refractivity contribution in [2.45, 2.75) is 25.7 Å². The van der Waals surface area contributed by atoms with Crippen molar-refractivity contribution in [2.75, 3.05) is 12.0 Å². The molecule has 0 amide bonds. The molecule has 0 heterocycles. The lowest BCUT2D eigenvalue weighted by molar-refractivity contribution is -0.393. The highest BCUT2D eigenvalue weighted by Gasteiger charge is 2.20. The summed E-state index contributed by atoms with van der Waals surface area (Å²) in [6, 6.07) is 3.37. The van der Waals surface area contributed by atoms with Gasteiger partial charge in [-0.2, -0.15) is 5.10 Å². The molecule has 0 saturated heterocycles. The molecule has 9 heteroatoms. The number of hydrazone groups is 1. The second-order valence-electron chi connectivity index (χ2n) is 5.57. The zero-order valence-electron chi connectivity index (χ0n) is 12.4. The Kier molecular flexibility index (Phi) is 5.58. The zero-order chi connectivity index (χ0) is 16.8. The SMILES string of the molecule is O=[N+]([O-])c1ccc(N/N=C/C2CCC(CO)CC2)c([N+](=O)[O-])c1. The molecule has 0 aromatic heterocycles. The molecule has 1 saturated carbocycles. The number of nitro groups is 2. The van der Waals surface area contributed by atoms with Crippen molar-refractivity contribution in [3.8, 4) is 0 Å². The number of nitrogens with zero attached hydrogens (tertiary/aromatic N) is 3. The van der Waals surface area contributed by atoms with Gasteiger partial charge in [0.15, 0.2) is 0 Å². The lowest BCUT2D eigenvalue weighted by atomic mass is 9.83. The lowest BCUT2D eigenvalue weighted by Gasteiger charge is -2.24. The first-order valence-electron chi connectivity index (χ1n) is 7.34. The van der Waals surface area contributed by atoms with Crippen LogP contribution in [0.4, 0.5) is 17.1 Å². The Balaban J connectivity index is 2.01. The third kappa shape index (κ3) is 4.46. The molecule has 1 fully saturated rings. The molecule has 1 aromatic carbocycles. The number of hydrogen-bond donors (Lipinski definition) is 2. The summed E-state index contributed by atoms with van der Waals surface area (Å²) in [6.45, 7) is 0.205. The number of benzene rings is 1. The van der Waals surface area contributed by atoms with Gasteiger partial charge in [-0.25, -0.2) is 0 Å². The van der Waals surface area contributed by atoms with Gasteiger partial charge < -0.3 is 5.11 Å². The van der Waals surface area contributed by atoms with E-state index in [1.54, 1.807) is 6.21 Å². The molecule has 1 aliphatic carbocycles. The van der Waals surface area contributed by atoms with Crippen molar-refractivity contribution in [1.82, 2.24) is 0 Å². The predicted octanol–water partition coefficient (Wildman–Crippen LogP) is 2.70. The molecule has 2 rings (SSSR count). The van der Waals surface area contributed by atoms with Gasteiger partial charge in [-0.15, -0.1) is 0 Å². The topological polar surface area (TPSA) is 131 Å². The number of aliphatic hydroxyl groups excluding tert-OH is 1. The van der Waals surface area contributed by atoms with Crippen LogP contribution in [0, 0.1) is 32.1 Å². The molecule has 0 spiro atoms. The van der Waals surface area contributed by atoms with Gasteiger partial charge in [0.05, 0.1) is 15.9 Å². The summed E-state index contributed by atoms with van der Waals surface area (Å²) in [5, 5.41) is 34.8. The van der Waals surface area contributed by atoms with Crippen LogP contribution >= 0.6 is 0 Å². The summed E-state index contributed by atoms with van der Waals surface area (Å²) in [5.74, 6) is 0.616. The van der Waals surface area contributed by atoms with Crippen molar-refractivity contribution in [2.24, 2.45) is 16.9 Å². The number of nitro benzene ring substituents is 2. The Morgan fingerprint density at radius 2 is 1.91 bits per heavy atom. The summed E-state index contributed by atoms with van der Waals surface area (Å²) in [6.07, 6.45) is 5.41. The Morgan fingerprint density at radius 3 is 2.48 bits per heavy atom. The third-order valence-electron chi connectivity index (χ3n) is 4.01. The minimum Gasteiger partial charge on any atom is -0.396 e. The first kappa shape index (κ1) is 16.8. The van der Waals surface area contributed by atoms with Gasteiger partial charge in [-0.3, -0.25) is 25.7 Å². The number of anilines is 1. The molecule has 0 atom stereocenters. The van der Waals surface area contributed by atoms with Crippen LogP contribution in [0.3, 0.4) is 0 Å². The van der Waals surface area contributed by atoms with E-state index in [0.717, 1.165) is 31.7 Å². The minimum atomic E-state index is -0.683. The van der Waals surface area contributed by atoms with E-state index >= 15 is 0 Å². The summed E-state index contributed by atoms with van der Waals surface area (Å²) in [5.41, 5.74) is 1.97. The number of nitrogens with one attached hydrogen (secondary N) is 1. The Bertz CT molecular complexity index is 611. The fourth-order valence-electron chi connectivity index (χ4n) is 2.61. The molecular weight excluding hydrogens is 304 g/mol. The van der Waals surface area contributed by atoms with Crippen LogP contribution in [0.15, 0.2) is 23.3 Å². The normalized spacial score (nSPS) is 21.3. The van der Waals surface area contributed by atoms with Gasteiger partial charge in [0.1, 0.15) is 5.69 Å². The van der Waals surface area contributed by atoms with E-state index in [9.17, 15) is 20.2 Å².